The van der Waals surface area contributed by atoms with E-state index in [1.165, 1.54) is 33.4 Å². The summed E-state index contributed by atoms with van der Waals surface area (Å²) in [5, 5.41) is 5.60. The quantitative estimate of drug-likeness (QED) is 0.155. The Labute approximate surface area is 386 Å². The highest BCUT2D eigenvalue weighted by Gasteiger charge is 2.19. The van der Waals surface area contributed by atoms with Gasteiger partial charge in [-0.1, -0.05) is 105 Å². The third-order valence-corrected chi connectivity index (χ3v) is 11.8. The average molecular weight is 858 g/mol. The predicted octanol–water partition coefficient (Wildman–Crippen LogP) is 14.8. The van der Waals surface area contributed by atoms with Crippen LogP contribution in [0.1, 0.15) is 33.3 Å². The van der Waals surface area contributed by atoms with E-state index < -0.39 is 0 Å². The van der Waals surface area contributed by atoms with Crippen LogP contribution in [0.4, 0.5) is 0 Å². The van der Waals surface area contributed by atoms with E-state index in [9.17, 15) is 0 Å². The minimum atomic E-state index is 0.802. The number of rotatable bonds is 8. The van der Waals surface area contributed by atoms with Gasteiger partial charge in [-0.15, -0.1) is 0 Å². The second-order valence-corrected chi connectivity index (χ2v) is 15.6. The van der Waals surface area contributed by atoms with Crippen molar-refractivity contribution in [2.75, 3.05) is 6.54 Å². The van der Waals surface area contributed by atoms with Crippen molar-refractivity contribution in [3.05, 3.63) is 219 Å². The zero-order valence-corrected chi connectivity index (χ0v) is 37.7. The molecule has 0 saturated carbocycles. The summed E-state index contributed by atoms with van der Waals surface area (Å²) in [5.41, 5.74) is 19.0. The maximum Gasteiger partial charge on any atom is 0.0963 e. The minimum Gasteiger partial charge on any atom is -0.387 e. The number of dihydropyridines is 1. The number of hydrogen-bond donors (Lipinski definition) is 1. The highest BCUT2D eigenvalue weighted by atomic mass is 15.0. The monoisotopic (exact) mass is 857 g/mol. The molecule has 1 aliphatic heterocycles. The number of pyridine rings is 3. The first-order chi connectivity index (χ1) is 32.6. The highest BCUT2D eigenvalue weighted by molar-refractivity contribution is 6.10. The van der Waals surface area contributed by atoms with Gasteiger partial charge in [-0.2, -0.15) is 0 Å². The molecular formula is C59H51N7. The molecule has 66 heavy (non-hydrogen) atoms. The summed E-state index contributed by atoms with van der Waals surface area (Å²) < 4.78 is 4.68. The lowest BCUT2D eigenvalue weighted by molar-refractivity contribution is 0.986. The molecule has 11 rings (SSSR count). The van der Waals surface area contributed by atoms with Crippen molar-refractivity contribution in [3.63, 3.8) is 0 Å². The normalized spacial score (nSPS) is 12.4. The van der Waals surface area contributed by atoms with E-state index in [4.69, 9.17) is 9.97 Å². The fourth-order valence-corrected chi connectivity index (χ4v) is 8.76. The zero-order chi connectivity index (χ0) is 45.4. The lowest BCUT2D eigenvalue weighted by atomic mass is 9.93. The van der Waals surface area contributed by atoms with E-state index in [0.717, 1.165) is 78.6 Å². The zero-order valence-electron chi connectivity index (χ0n) is 37.7. The first-order valence-electron chi connectivity index (χ1n) is 22.5. The van der Waals surface area contributed by atoms with E-state index in [1.807, 2.05) is 76.9 Å². The van der Waals surface area contributed by atoms with Gasteiger partial charge >= 0.3 is 0 Å². The first kappa shape index (κ1) is 42.9. The van der Waals surface area contributed by atoms with Crippen LogP contribution in [0.15, 0.2) is 218 Å². The topological polar surface area (TPSA) is 72.9 Å². The van der Waals surface area contributed by atoms with E-state index in [2.05, 4.69) is 177 Å². The fourth-order valence-electron chi connectivity index (χ4n) is 8.76. The van der Waals surface area contributed by atoms with Crippen LogP contribution in [0.5, 0.6) is 0 Å². The van der Waals surface area contributed by atoms with Crippen LogP contribution in [-0.4, -0.2) is 36.8 Å². The van der Waals surface area contributed by atoms with Gasteiger partial charge < -0.3 is 14.5 Å². The smallest absolute Gasteiger partial charge is 0.0963 e. The SMILES string of the molecule is C1=CNCC(c2ccccc2-c2ccc3c(c2)c2ncccc2n3-c2cccc(-n3c4ccc(-c5ccccc5-c5ccncc5)cc4c4ncccc43)c2)=C1.C=CC=N/C(C)=C\C.CC. The third-order valence-electron chi connectivity index (χ3n) is 11.8. The molecule has 0 saturated heterocycles. The molecule has 0 amide bonds. The van der Waals surface area contributed by atoms with Gasteiger partial charge in [-0.05, 0) is 150 Å². The summed E-state index contributed by atoms with van der Waals surface area (Å²) in [6.45, 7) is 12.2. The van der Waals surface area contributed by atoms with Crippen LogP contribution in [0.2, 0.25) is 0 Å². The number of benzene rings is 5. The Bertz CT molecular complexity index is 3490. The number of hydrogen-bond acceptors (Lipinski definition) is 5. The average Bonchev–Trinajstić information content (AvgIpc) is 3.91. The van der Waals surface area contributed by atoms with Crippen LogP contribution in [0.25, 0.3) is 94.2 Å². The van der Waals surface area contributed by atoms with Crippen molar-refractivity contribution in [1.29, 1.82) is 0 Å². The van der Waals surface area contributed by atoms with Gasteiger partial charge in [0.2, 0.25) is 0 Å². The maximum atomic E-state index is 4.95. The van der Waals surface area contributed by atoms with Crippen molar-refractivity contribution >= 4 is 55.7 Å². The van der Waals surface area contributed by atoms with Crippen LogP contribution in [0, 0.1) is 0 Å². The van der Waals surface area contributed by atoms with Gasteiger partial charge in [0, 0.05) is 65.4 Å². The number of nitrogens with one attached hydrogen (secondary N) is 1. The van der Waals surface area contributed by atoms with Gasteiger partial charge in [0.1, 0.15) is 0 Å². The van der Waals surface area contributed by atoms with Crippen molar-refractivity contribution < 1.29 is 0 Å². The van der Waals surface area contributed by atoms with Crippen LogP contribution in [0.3, 0.4) is 0 Å². The standard InChI is InChI=1S/C50H34N6.C7H11N.C2H6/c1-2-13-40(39(12-1)33-22-27-51-28-23-33)34-18-20-45-43(29-34)49-47(16-7-25-53-49)55(45)37-10-5-11-38(31-37)56-46-21-19-35(30-44(46)50-48(56)17-8-26-54-50)41-14-3-4-15-42(41)36-9-6-24-52-32-36;1-4-6-8-7(3)5-2;1-2/h1-31,52H,32H2;4-6H,1H2,2-3H3;1-2H3/b;7-5-,8-6?;. The molecule has 0 aliphatic carbocycles. The minimum absolute atomic E-state index is 0.802. The van der Waals surface area contributed by atoms with Crippen LogP contribution < -0.4 is 5.32 Å². The van der Waals surface area contributed by atoms with Gasteiger partial charge in [0.15, 0.2) is 0 Å². The number of aliphatic imine (C=N–C) groups is 1. The summed E-state index contributed by atoms with van der Waals surface area (Å²) in [7, 11) is 0. The molecule has 0 bridgehead atoms. The summed E-state index contributed by atoms with van der Waals surface area (Å²) >= 11 is 0. The molecule has 5 aromatic heterocycles. The summed E-state index contributed by atoms with van der Waals surface area (Å²) in [5.74, 6) is 0. The van der Waals surface area contributed by atoms with Crippen LogP contribution in [-0.2, 0) is 0 Å². The van der Waals surface area contributed by atoms with Crippen molar-refractivity contribution in [3.8, 4) is 44.8 Å². The number of aromatic nitrogens is 5. The second-order valence-electron chi connectivity index (χ2n) is 15.6. The third kappa shape index (κ3) is 8.26. The number of nitrogens with zero attached hydrogens (tertiary/aromatic N) is 6. The molecule has 0 fully saturated rings. The van der Waals surface area contributed by atoms with Gasteiger partial charge in [-0.25, -0.2) is 0 Å². The Hall–Kier alpha value is -8.42. The molecule has 0 spiro atoms. The molecule has 0 radical (unpaired) electrons. The molecule has 0 atom stereocenters. The van der Waals surface area contributed by atoms with Gasteiger partial charge in [0.05, 0.1) is 33.1 Å². The summed E-state index contributed by atoms with van der Waals surface area (Å²) in [6.07, 6.45) is 19.0. The molecule has 1 N–H and O–H groups in total. The lowest BCUT2D eigenvalue weighted by Gasteiger charge is -2.16. The molecule has 322 valence electrons. The Morgan fingerprint density at radius 1 is 0.591 bits per heavy atom. The molecular weight excluding hydrogens is 807 g/mol. The van der Waals surface area contributed by atoms with Gasteiger partial charge in [0.25, 0.3) is 0 Å². The first-order valence-corrected chi connectivity index (χ1v) is 22.5. The highest BCUT2D eigenvalue weighted by Crippen LogP contribution is 2.39. The molecule has 7 nitrogen and oxygen atoms in total. The Kier molecular flexibility index (Phi) is 12.7. The van der Waals surface area contributed by atoms with Gasteiger partial charge in [-0.3, -0.25) is 19.9 Å². The Balaban J connectivity index is 0.000000498. The molecule has 1 aliphatic rings. The van der Waals surface area contributed by atoms with Crippen molar-refractivity contribution in [2.24, 2.45) is 4.99 Å². The molecule has 10 aromatic rings. The summed E-state index contributed by atoms with van der Waals surface area (Å²) in [4.78, 5) is 18.1. The van der Waals surface area contributed by atoms with Crippen LogP contribution >= 0.6 is 0 Å². The Morgan fingerprint density at radius 2 is 1.14 bits per heavy atom. The maximum absolute atomic E-state index is 4.95. The largest absolute Gasteiger partial charge is 0.387 e. The summed E-state index contributed by atoms with van der Waals surface area (Å²) in [6, 6.07) is 52.1. The molecule has 6 heterocycles. The fraction of sp³-hybridized carbons (Fsp3) is 0.0847. The van der Waals surface area contributed by atoms with Crippen molar-refractivity contribution in [2.45, 2.75) is 27.7 Å². The predicted molar refractivity (Wildman–Crippen MR) is 279 cm³/mol. The van der Waals surface area contributed by atoms with E-state index >= 15 is 0 Å². The second kappa shape index (κ2) is 19.5. The van der Waals surface area contributed by atoms with E-state index in [0.29, 0.717) is 0 Å². The number of allylic oxidation sites excluding steroid dienone is 5. The Morgan fingerprint density at radius 3 is 1.67 bits per heavy atom. The molecule has 5 aromatic carbocycles. The molecule has 7 heteroatoms. The van der Waals surface area contributed by atoms with E-state index in [-0.39, 0.29) is 0 Å². The molecule has 0 unspecified atom stereocenters. The lowest BCUT2D eigenvalue weighted by Crippen LogP contribution is -2.12. The van der Waals surface area contributed by atoms with E-state index in [1.54, 1.807) is 12.3 Å². The van der Waals surface area contributed by atoms with Crippen molar-refractivity contribution in [1.82, 2.24) is 29.4 Å². The number of fused-ring (bicyclic) bond motifs is 6.